The number of hydrogen-bond acceptors (Lipinski definition) is 2. The van der Waals surface area contributed by atoms with E-state index in [1.807, 2.05) is 25.1 Å². The van der Waals surface area contributed by atoms with Gasteiger partial charge in [-0.3, -0.25) is 4.79 Å². The van der Waals surface area contributed by atoms with Crippen LogP contribution in [0.2, 0.25) is 0 Å². The van der Waals surface area contributed by atoms with Gasteiger partial charge in [0.1, 0.15) is 11.6 Å². The fraction of sp³-hybridized carbons (Fsp3) is 0.500. The second-order valence-corrected chi connectivity index (χ2v) is 5.09. The van der Waals surface area contributed by atoms with Crippen LogP contribution < -0.4 is 0 Å². The SMILES string of the molecule is CCCC(C)C(=O)Cc1nc2ccccc2n1CC. The molecule has 102 valence electrons. The van der Waals surface area contributed by atoms with Gasteiger partial charge in [0.15, 0.2) is 0 Å². The summed E-state index contributed by atoms with van der Waals surface area (Å²) in [5, 5.41) is 0. The lowest BCUT2D eigenvalue weighted by atomic mass is 9.98. The molecule has 1 unspecified atom stereocenters. The van der Waals surface area contributed by atoms with Gasteiger partial charge in [0.05, 0.1) is 17.5 Å². The summed E-state index contributed by atoms with van der Waals surface area (Å²) in [5.74, 6) is 1.33. The molecule has 0 saturated heterocycles. The van der Waals surface area contributed by atoms with Crippen LogP contribution in [-0.4, -0.2) is 15.3 Å². The second-order valence-electron chi connectivity index (χ2n) is 5.09. The molecule has 0 spiro atoms. The zero-order valence-corrected chi connectivity index (χ0v) is 12.0. The lowest BCUT2D eigenvalue weighted by Gasteiger charge is -2.10. The number of aromatic nitrogens is 2. The Morgan fingerprint density at radius 3 is 2.74 bits per heavy atom. The highest BCUT2D eigenvalue weighted by atomic mass is 16.1. The number of ketones is 1. The number of fused-ring (bicyclic) bond motifs is 1. The van der Waals surface area contributed by atoms with E-state index in [9.17, 15) is 4.79 Å². The lowest BCUT2D eigenvalue weighted by molar-refractivity contribution is -0.122. The molecule has 0 N–H and O–H groups in total. The van der Waals surface area contributed by atoms with Crippen LogP contribution in [0.4, 0.5) is 0 Å². The molecule has 0 amide bonds. The van der Waals surface area contributed by atoms with Crippen molar-refractivity contribution in [2.24, 2.45) is 5.92 Å². The first-order chi connectivity index (χ1) is 9.17. The number of nitrogens with zero attached hydrogens (tertiary/aromatic N) is 2. The van der Waals surface area contributed by atoms with E-state index < -0.39 is 0 Å². The van der Waals surface area contributed by atoms with Gasteiger partial charge in [-0.2, -0.15) is 0 Å². The highest BCUT2D eigenvalue weighted by Gasteiger charge is 2.17. The number of hydrogen-bond donors (Lipinski definition) is 0. The molecule has 3 heteroatoms. The van der Waals surface area contributed by atoms with Gasteiger partial charge in [-0.25, -0.2) is 4.98 Å². The summed E-state index contributed by atoms with van der Waals surface area (Å²) in [7, 11) is 0. The summed E-state index contributed by atoms with van der Waals surface area (Å²) >= 11 is 0. The van der Waals surface area contributed by atoms with Crippen LogP contribution in [0.25, 0.3) is 11.0 Å². The molecule has 0 aliphatic rings. The van der Waals surface area contributed by atoms with E-state index in [0.717, 1.165) is 36.2 Å². The zero-order valence-electron chi connectivity index (χ0n) is 12.0. The minimum atomic E-state index is 0.134. The van der Waals surface area contributed by atoms with Gasteiger partial charge < -0.3 is 4.57 Å². The minimum Gasteiger partial charge on any atom is -0.328 e. The van der Waals surface area contributed by atoms with Crippen molar-refractivity contribution in [2.75, 3.05) is 0 Å². The monoisotopic (exact) mass is 258 g/mol. The third kappa shape index (κ3) is 2.86. The second kappa shape index (κ2) is 6.00. The topological polar surface area (TPSA) is 34.9 Å². The maximum atomic E-state index is 12.2. The highest BCUT2D eigenvalue weighted by Crippen LogP contribution is 2.18. The summed E-state index contributed by atoms with van der Waals surface area (Å²) in [6.45, 7) is 7.08. The van der Waals surface area contributed by atoms with Crippen molar-refractivity contribution in [3.8, 4) is 0 Å². The average Bonchev–Trinajstić information content (AvgIpc) is 2.75. The summed E-state index contributed by atoms with van der Waals surface area (Å²) in [4.78, 5) is 16.8. The third-order valence-electron chi connectivity index (χ3n) is 3.65. The molecular formula is C16H22N2O. The molecule has 1 aromatic heterocycles. The molecular weight excluding hydrogens is 236 g/mol. The number of Topliss-reactive ketones (excluding diaryl/α,β-unsaturated/α-hetero) is 1. The van der Waals surface area contributed by atoms with Crippen LogP contribution in [0.5, 0.6) is 0 Å². The Bertz CT molecular complexity index is 571. The van der Waals surface area contributed by atoms with Gasteiger partial charge in [0, 0.05) is 12.5 Å². The molecule has 0 aliphatic heterocycles. The Hall–Kier alpha value is -1.64. The first kappa shape index (κ1) is 13.8. The van der Waals surface area contributed by atoms with Gasteiger partial charge in [-0.15, -0.1) is 0 Å². The van der Waals surface area contributed by atoms with Gasteiger partial charge in [0.2, 0.25) is 0 Å². The number of imidazole rings is 1. The van der Waals surface area contributed by atoms with E-state index >= 15 is 0 Å². The Kier molecular flexibility index (Phi) is 4.35. The Morgan fingerprint density at radius 1 is 1.32 bits per heavy atom. The summed E-state index contributed by atoms with van der Waals surface area (Å²) in [6.07, 6.45) is 2.46. The number of carbonyl (C=O) groups excluding carboxylic acids is 1. The van der Waals surface area contributed by atoms with Crippen molar-refractivity contribution < 1.29 is 4.79 Å². The lowest BCUT2D eigenvalue weighted by Crippen LogP contribution is -2.16. The molecule has 0 saturated carbocycles. The number of rotatable bonds is 6. The molecule has 1 aromatic carbocycles. The highest BCUT2D eigenvalue weighted by molar-refractivity contribution is 5.84. The first-order valence-electron chi connectivity index (χ1n) is 7.14. The molecule has 3 nitrogen and oxygen atoms in total. The number of carbonyl (C=O) groups is 1. The van der Waals surface area contributed by atoms with Crippen molar-refractivity contribution >= 4 is 16.8 Å². The molecule has 19 heavy (non-hydrogen) atoms. The van der Waals surface area contributed by atoms with E-state index in [2.05, 4.69) is 29.5 Å². The van der Waals surface area contributed by atoms with Crippen LogP contribution in [-0.2, 0) is 17.8 Å². The van der Waals surface area contributed by atoms with Gasteiger partial charge in [-0.1, -0.05) is 32.4 Å². The van der Waals surface area contributed by atoms with Crippen molar-refractivity contribution in [3.05, 3.63) is 30.1 Å². The van der Waals surface area contributed by atoms with E-state index in [1.165, 1.54) is 0 Å². The fourth-order valence-corrected chi connectivity index (χ4v) is 2.54. The molecule has 0 bridgehead atoms. The van der Waals surface area contributed by atoms with Gasteiger partial charge in [0.25, 0.3) is 0 Å². The van der Waals surface area contributed by atoms with Crippen molar-refractivity contribution in [1.29, 1.82) is 0 Å². The Balaban J connectivity index is 2.27. The van der Waals surface area contributed by atoms with Crippen LogP contribution in [0, 0.1) is 5.92 Å². The number of para-hydroxylation sites is 2. The standard InChI is InChI=1S/C16H22N2O/c1-4-8-12(3)15(19)11-16-17-13-9-6-7-10-14(13)18(16)5-2/h6-7,9-10,12H,4-5,8,11H2,1-3H3. The fourth-order valence-electron chi connectivity index (χ4n) is 2.54. The largest absolute Gasteiger partial charge is 0.328 e. The predicted octanol–water partition coefficient (Wildman–Crippen LogP) is 3.60. The Labute approximate surface area is 114 Å². The van der Waals surface area contributed by atoms with Gasteiger partial charge >= 0.3 is 0 Å². The molecule has 0 aliphatic carbocycles. The van der Waals surface area contributed by atoms with Crippen LogP contribution in [0.3, 0.4) is 0 Å². The van der Waals surface area contributed by atoms with E-state index in [-0.39, 0.29) is 5.92 Å². The smallest absolute Gasteiger partial charge is 0.143 e. The van der Waals surface area contributed by atoms with Crippen LogP contribution in [0.1, 0.15) is 39.4 Å². The Morgan fingerprint density at radius 2 is 2.05 bits per heavy atom. The maximum absolute atomic E-state index is 12.2. The van der Waals surface area contributed by atoms with E-state index in [0.29, 0.717) is 12.2 Å². The molecule has 2 aromatic rings. The van der Waals surface area contributed by atoms with E-state index in [1.54, 1.807) is 0 Å². The molecule has 1 atom stereocenters. The van der Waals surface area contributed by atoms with Crippen molar-refractivity contribution in [3.63, 3.8) is 0 Å². The van der Waals surface area contributed by atoms with Crippen molar-refractivity contribution in [2.45, 2.75) is 46.6 Å². The van der Waals surface area contributed by atoms with Crippen LogP contribution >= 0.6 is 0 Å². The maximum Gasteiger partial charge on any atom is 0.143 e. The molecule has 1 heterocycles. The third-order valence-corrected chi connectivity index (χ3v) is 3.65. The molecule has 2 rings (SSSR count). The number of aryl methyl sites for hydroxylation is 1. The minimum absolute atomic E-state index is 0.134. The zero-order chi connectivity index (χ0) is 13.8. The van der Waals surface area contributed by atoms with Crippen LogP contribution in [0.15, 0.2) is 24.3 Å². The number of benzene rings is 1. The predicted molar refractivity (Wildman–Crippen MR) is 78.2 cm³/mol. The average molecular weight is 258 g/mol. The van der Waals surface area contributed by atoms with E-state index in [4.69, 9.17) is 0 Å². The molecule has 0 radical (unpaired) electrons. The summed E-state index contributed by atoms with van der Waals surface area (Å²) < 4.78 is 2.14. The quantitative estimate of drug-likeness (QED) is 0.793. The summed E-state index contributed by atoms with van der Waals surface area (Å²) in [6, 6.07) is 8.07. The van der Waals surface area contributed by atoms with Crippen molar-refractivity contribution in [1.82, 2.24) is 9.55 Å². The van der Waals surface area contributed by atoms with Gasteiger partial charge in [-0.05, 0) is 25.5 Å². The normalized spacial score (nSPS) is 12.8. The first-order valence-corrected chi connectivity index (χ1v) is 7.14. The molecule has 0 fully saturated rings. The summed E-state index contributed by atoms with van der Waals surface area (Å²) in [5.41, 5.74) is 2.10.